The van der Waals surface area contributed by atoms with Crippen molar-refractivity contribution in [3.63, 3.8) is 0 Å². The van der Waals surface area contributed by atoms with E-state index >= 15 is 0 Å². The minimum absolute atomic E-state index is 0.612. The second-order valence-corrected chi connectivity index (χ2v) is 5.22. The third kappa shape index (κ3) is 4.20. The number of methoxy groups -OCH3 is 2. The first kappa shape index (κ1) is 17.1. The predicted molar refractivity (Wildman–Crippen MR) is 100.0 cm³/mol. The van der Waals surface area contributed by atoms with Gasteiger partial charge in [-0.2, -0.15) is 0 Å². The van der Waals surface area contributed by atoms with Gasteiger partial charge >= 0.3 is 0 Å². The lowest BCUT2D eigenvalue weighted by atomic mass is 10.1. The molecule has 126 valence electrons. The maximum absolute atomic E-state index is 5.39. The van der Waals surface area contributed by atoms with E-state index in [1.54, 1.807) is 39.0 Å². The normalized spacial score (nSPS) is 9.31. The molecule has 4 nitrogen and oxygen atoms in total. The summed E-state index contributed by atoms with van der Waals surface area (Å²) in [5.74, 6) is 13.8. The van der Waals surface area contributed by atoms with Crippen molar-refractivity contribution in [1.82, 2.24) is 9.97 Å². The zero-order chi connectivity index (χ0) is 18.2. The Kier molecular flexibility index (Phi) is 5.50. The van der Waals surface area contributed by atoms with Crippen LogP contribution < -0.4 is 9.47 Å². The van der Waals surface area contributed by atoms with Gasteiger partial charge in [0.05, 0.1) is 14.2 Å². The Bertz CT molecular complexity index is 924. The van der Waals surface area contributed by atoms with E-state index < -0.39 is 0 Å². The van der Waals surface area contributed by atoms with Crippen LogP contribution in [0.2, 0.25) is 0 Å². The molecule has 0 aliphatic heterocycles. The molecule has 0 radical (unpaired) electrons. The minimum atomic E-state index is 0.612. The predicted octanol–water partition coefficient (Wildman–Crippen LogP) is 3.29. The lowest BCUT2D eigenvalue weighted by molar-refractivity contribution is 0.355. The second-order valence-electron chi connectivity index (χ2n) is 5.22. The fraction of sp³-hybridized carbons (Fsp3) is 0.0909. The number of rotatable bonds is 2. The van der Waals surface area contributed by atoms with Crippen molar-refractivity contribution >= 4 is 0 Å². The third-order valence-corrected chi connectivity index (χ3v) is 3.57. The average Bonchev–Trinajstić information content (AvgIpc) is 2.72. The van der Waals surface area contributed by atoms with Gasteiger partial charge in [0.25, 0.3) is 0 Å². The molecule has 0 aliphatic rings. The molecule has 2 aromatic heterocycles. The number of ether oxygens (including phenoxy) is 2. The molecule has 0 aliphatic carbocycles. The maximum Gasteiger partial charge on any atom is 0.162 e. The van der Waals surface area contributed by atoms with E-state index in [-0.39, 0.29) is 0 Å². The highest BCUT2D eigenvalue weighted by Crippen LogP contribution is 2.30. The van der Waals surface area contributed by atoms with E-state index in [1.165, 1.54) is 0 Å². The van der Waals surface area contributed by atoms with Gasteiger partial charge in [-0.15, -0.1) is 0 Å². The van der Waals surface area contributed by atoms with Crippen molar-refractivity contribution in [2.45, 2.75) is 0 Å². The average molecular weight is 340 g/mol. The Morgan fingerprint density at radius 2 is 1.00 bits per heavy atom. The fourth-order valence-corrected chi connectivity index (χ4v) is 2.24. The molecule has 0 bridgehead atoms. The first-order chi connectivity index (χ1) is 12.8. The first-order valence-electron chi connectivity index (χ1n) is 7.90. The highest BCUT2D eigenvalue weighted by Gasteiger charge is 2.08. The Hall–Kier alpha value is -3.76. The van der Waals surface area contributed by atoms with Gasteiger partial charge in [0.2, 0.25) is 0 Å². The molecule has 1 aromatic carbocycles. The summed E-state index contributed by atoms with van der Waals surface area (Å²) in [5, 5.41) is 0. The van der Waals surface area contributed by atoms with Crippen molar-refractivity contribution < 1.29 is 9.47 Å². The summed E-state index contributed by atoms with van der Waals surface area (Å²) in [6.45, 7) is 0. The molecule has 0 unspecified atom stereocenters. The molecule has 0 N–H and O–H groups in total. The molecule has 0 spiro atoms. The summed E-state index contributed by atoms with van der Waals surface area (Å²) < 4.78 is 10.8. The Balaban J connectivity index is 2.07. The molecule has 0 saturated heterocycles. The molecule has 3 aromatic rings. The van der Waals surface area contributed by atoms with E-state index in [0.717, 1.165) is 22.3 Å². The lowest BCUT2D eigenvalue weighted by Crippen LogP contribution is -1.94. The van der Waals surface area contributed by atoms with Crippen molar-refractivity contribution in [1.29, 1.82) is 0 Å². The van der Waals surface area contributed by atoms with E-state index in [0.29, 0.717) is 11.5 Å². The molecule has 3 rings (SSSR count). The second kappa shape index (κ2) is 8.37. The van der Waals surface area contributed by atoms with Crippen molar-refractivity contribution in [2.24, 2.45) is 0 Å². The van der Waals surface area contributed by atoms with E-state index in [1.807, 2.05) is 36.4 Å². The van der Waals surface area contributed by atoms with Crippen molar-refractivity contribution in [2.75, 3.05) is 14.2 Å². The number of pyridine rings is 2. The van der Waals surface area contributed by atoms with Crippen molar-refractivity contribution in [3.05, 3.63) is 83.4 Å². The summed E-state index contributed by atoms with van der Waals surface area (Å²) in [7, 11) is 3.19. The molecule has 26 heavy (non-hydrogen) atoms. The van der Waals surface area contributed by atoms with Crippen LogP contribution in [0.3, 0.4) is 0 Å². The Labute approximate surface area is 152 Å². The van der Waals surface area contributed by atoms with Gasteiger partial charge in [-0.25, -0.2) is 0 Å². The Morgan fingerprint density at radius 3 is 1.35 bits per heavy atom. The smallest absolute Gasteiger partial charge is 0.162 e. The molecule has 2 heterocycles. The zero-order valence-corrected chi connectivity index (χ0v) is 14.5. The number of hydrogen-bond donors (Lipinski definition) is 0. The van der Waals surface area contributed by atoms with Gasteiger partial charge in [-0.05, 0) is 24.3 Å². The molecular formula is C22H16N2O2. The molecule has 0 saturated carbocycles. The van der Waals surface area contributed by atoms with E-state index in [2.05, 4.69) is 33.6 Å². The standard InChI is InChI=1S/C22H16N2O2/c1-25-21-15-19(5-3-17-7-11-23-12-8-17)20(16-22(21)26-2)6-4-18-9-13-24-14-10-18/h7-16H,1-2H3. The minimum Gasteiger partial charge on any atom is -0.493 e. The molecule has 4 heteroatoms. The first-order valence-corrected chi connectivity index (χ1v) is 7.90. The summed E-state index contributed by atoms with van der Waals surface area (Å²) >= 11 is 0. The molecule has 0 fully saturated rings. The highest BCUT2D eigenvalue weighted by molar-refractivity contribution is 5.60. The van der Waals surface area contributed by atoms with Crippen LogP contribution in [0, 0.1) is 23.7 Å². The van der Waals surface area contributed by atoms with Crippen molar-refractivity contribution in [3.8, 4) is 35.2 Å². The van der Waals surface area contributed by atoms with Crippen LogP contribution in [0.1, 0.15) is 22.3 Å². The maximum atomic E-state index is 5.39. The van der Waals surface area contributed by atoms with Gasteiger partial charge in [0, 0.05) is 59.2 Å². The van der Waals surface area contributed by atoms with Crippen LogP contribution in [-0.2, 0) is 0 Å². The number of nitrogens with zero attached hydrogens (tertiary/aromatic N) is 2. The van der Waals surface area contributed by atoms with Gasteiger partial charge in [-0.1, -0.05) is 23.7 Å². The van der Waals surface area contributed by atoms with Crippen LogP contribution in [0.25, 0.3) is 0 Å². The van der Waals surface area contributed by atoms with Gasteiger partial charge in [-0.3, -0.25) is 9.97 Å². The summed E-state index contributed by atoms with van der Waals surface area (Å²) in [5.41, 5.74) is 3.28. The van der Waals surface area contributed by atoms with Crippen LogP contribution in [0.15, 0.2) is 61.2 Å². The van der Waals surface area contributed by atoms with E-state index in [9.17, 15) is 0 Å². The highest BCUT2D eigenvalue weighted by atomic mass is 16.5. The number of hydrogen-bond acceptors (Lipinski definition) is 4. The van der Waals surface area contributed by atoms with Crippen LogP contribution in [0.4, 0.5) is 0 Å². The molecule has 0 atom stereocenters. The SMILES string of the molecule is COc1cc(C#Cc2ccncc2)c(C#Cc2ccncc2)cc1OC. The zero-order valence-electron chi connectivity index (χ0n) is 14.5. The third-order valence-electron chi connectivity index (χ3n) is 3.57. The quantitative estimate of drug-likeness (QED) is 0.672. The van der Waals surface area contributed by atoms with E-state index in [4.69, 9.17) is 9.47 Å². The van der Waals surface area contributed by atoms with Crippen LogP contribution in [0.5, 0.6) is 11.5 Å². The van der Waals surface area contributed by atoms with Crippen LogP contribution in [-0.4, -0.2) is 24.2 Å². The van der Waals surface area contributed by atoms with Gasteiger partial charge in [0.15, 0.2) is 11.5 Å². The number of benzene rings is 1. The topological polar surface area (TPSA) is 44.2 Å². The monoisotopic (exact) mass is 340 g/mol. The summed E-state index contributed by atoms with van der Waals surface area (Å²) in [6.07, 6.45) is 6.84. The molecular weight excluding hydrogens is 324 g/mol. The van der Waals surface area contributed by atoms with Gasteiger partial charge in [0.1, 0.15) is 0 Å². The van der Waals surface area contributed by atoms with Crippen LogP contribution >= 0.6 is 0 Å². The van der Waals surface area contributed by atoms with Gasteiger partial charge < -0.3 is 9.47 Å². The number of aromatic nitrogens is 2. The summed E-state index contributed by atoms with van der Waals surface area (Å²) in [6, 6.07) is 11.1. The fourth-order valence-electron chi connectivity index (χ4n) is 2.24. The largest absolute Gasteiger partial charge is 0.493 e. The Morgan fingerprint density at radius 1 is 0.615 bits per heavy atom. The summed E-state index contributed by atoms with van der Waals surface area (Å²) in [4.78, 5) is 8.00. The lowest BCUT2D eigenvalue weighted by Gasteiger charge is -2.09. The molecule has 0 amide bonds.